The number of hydrogen-bond acceptors (Lipinski definition) is 5. The number of carboxylic acid groups (broad SMARTS) is 1. The average molecular weight is 372 g/mol. The van der Waals surface area contributed by atoms with E-state index in [9.17, 15) is 18.0 Å². The SMILES string of the molecule is COCCNS(=O)(=O)c1ccc(C(=O)N(CC(=O)O)CC(C)C)cc1. The van der Waals surface area contributed by atoms with Gasteiger partial charge in [0.25, 0.3) is 5.91 Å². The van der Waals surface area contributed by atoms with Crippen LogP contribution >= 0.6 is 0 Å². The van der Waals surface area contributed by atoms with E-state index in [1.54, 1.807) is 0 Å². The lowest BCUT2D eigenvalue weighted by Crippen LogP contribution is -2.38. The fourth-order valence-electron chi connectivity index (χ4n) is 2.14. The zero-order valence-corrected chi connectivity index (χ0v) is 15.4. The standard InChI is InChI=1S/C16H24N2O6S/c1-12(2)10-18(11-15(19)20)16(21)13-4-6-14(7-5-13)25(22,23)17-8-9-24-3/h4-7,12,17H,8-11H2,1-3H3,(H,19,20). The van der Waals surface area contributed by atoms with E-state index >= 15 is 0 Å². The predicted octanol–water partition coefficient (Wildman–Crippen LogP) is 0.794. The van der Waals surface area contributed by atoms with E-state index < -0.39 is 28.4 Å². The Labute approximate surface area is 147 Å². The molecular weight excluding hydrogens is 348 g/mol. The zero-order valence-electron chi connectivity index (χ0n) is 14.6. The van der Waals surface area contributed by atoms with Crippen LogP contribution in [0.3, 0.4) is 0 Å². The van der Waals surface area contributed by atoms with Crippen molar-refractivity contribution in [1.29, 1.82) is 0 Å². The lowest BCUT2D eigenvalue weighted by atomic mass is 10.1. The van der Waals surface area contributed by atoms with Gasteiger partial charge in [0.15, 0.2) is 0 Å². The Kier molecular flexibility index (Phi) is 8.01. The number of carbonyl (C=O) groups is 2. The third kappa shape index (κ3) is 6.81. The number of sulfonamides is 1. The highest BCUT2D eigenvalue weighted by atomic mass is 32.2. The van der Waals surface area contributed by atoms with Crippen molar-refractivity contribution in [3.05, 3.63) is 29.8 Å². The summed E-state index contributed by atoms with van der Waals surface area (Å²) in [4.78, 5) is 24.7. The molecule has 2 N–H and O–H groups in total. The first-order valence-electron chi connectivity index (χ1n) is 7.77. The van der Waals surface area contributed by atoms with E-state index in [1.165, 1.54) is 36.3 Å². The summed E-state index contributed by atoms with van der Waals surface area (Å²) in [5.74, 6) is -1.45. The molecule has 0 aliphatic rings. The van der Waals surface area contributed by atoms with Crippen LogP contribution in [-0.4, -0.2) is 63.7 Å². The summed E-state index contributed by atoms with van der Waals surface area (Å²) in [6.07, 6.45) is 0. The molecule has 1 aromatic carbocycles. The predicted molar refractivity (Wildman–Crippen MR) is 91.9 cm³/mol. The minimum atomic E-state index is -3.68. The summed E-state index contributed by atoms with van der Waals surface area (Å²) in [6.45, 7) is 4.03. The van der Waals surface area contributed by atoms with Crippen LogP contribution in [0.15, 0.2) is 29.2 Å². The van der Waals surface area contributed by atoms with E-state index in [2.05, 4.69) is 4.72 Å². The van der Waals surface area contributed by atoms with Gasteiger partial charge in [-0.2, -0.15) is 0 Å². The smallest absolute Gasteiger partial charge is 0.323 e. The minimum Gasteiger partial charge on any atom is -0.480 e. The van der Waals surface area contributed by atoms with Gasteiger partial charge >= 0.3 is 5.97 Å². The van der Waals surface area contributed by atoms with Crippen molar-refractivity contribution in [2.45, 2.75) is 18.7 Å². The third-order valence-electron chi connectivity index (χ3n) is 3.21. The lowest BCUT2D eigenvalue weighted by molar-refractivity contribution is -0.137. The van der Waals surface area contributed by atoms with Crippen LogP contribution in [-0.2, 0) is 19.6 Å². The van der Waals surface area contributed by atoms with Crippen LogP contribution < -0.4 is 4.72 Å². The number of methoxy groups -OCH3 is 1. The van der Waals surface area contributed by atoms with E-state index in [0.717, 1.165) is 0 Å². The zero-order chi connectivity index (χ0) is 19.0. The fourth-order valence-corrected chi connectivity index (χ4v) is 3.16. The summed E-state index contributed by atoms with van der Waals surface area (Å²) in [7, 11) is -2.22. The third-order valence-corrected chi connectivity index (χ3v) is 4.69. The molecule has 8 nitrogen and oxygen atoms in total. The Morgan fingerprint density at radius 2 is 1.84 bits per heavy atom. The number of carboxylic acids is 1. The quantitative estimate of drug-likeness (QED) is 0.587. The van der Waals surface area contributed by atoms with Crippen molar-refractivity contribution in [3.63, 3.8) is 0 Å². The molecule has 140 valence electrons. The van der Waals surface area contributed by atoms with Gasteiger partial charge in [-0.3, -0.25) is 9.59 Å². The average Bonchev–Trinajstić information content (AvgIpc) is 2.53. The molecule has 0 aliphatic carbocycles. The van der Waals surface area contributed by atoms with Gasteiger partial charge in [-0.1, -0.05) is 13.8 Å². The van der Waals surface area contributed by atoms with Gasteiger partial charge in [0.1, 0.15) is 6.54 Å². The summed E-state index contributed by atoms with van der Waals surface area (Å²) in [5.41, 5.74) is 0.234. The van der Waals surface area contributed by atoms with Crippen molar-refractivity contribution >= 4 is 21.9 Å². The summed E-state index contributed by atoms with van der Waals surface area (Å²) in [5, 5.41) is 8.95. The molecule has 0 bridgehead atoms. The molecule has 0 aliphatic heterocycles. The summed E-state index contributed by atoms with van der Waals surface area (Å²) < 4.78 is 31.3. The number of hydrogen-bond donors (Lipinski definition) is 2. The first-order valence-corrected chi connectivity index (χ1v) is 9.25. The van der Waals surface area contributed by atoms with Gasteiger partial charge in [0.05, 0.1) is 11.5 Å². The van der Waals surface area contributed by atoms with Crippen molar-refractivity contribution in [2.24, 2.45) is 5.92 Å². The summed E-state index contributed by atoms with van der Waals surface area (Å²) >= 11 is 0. The molecular formula is C16H24N2O6S. The molecule has 0 radical (unpaired) electrons. The number of aliphatic carboxylic acids is 1. The van der Waals surface area contributed by atoms with Gasteiger partial charge in [0, 0.05) is 25.8 Å². The monoisotopic (exact) mass is 372 g/mol. The molecule has 0 fully saturated rings. The number of carbonyl (C=O) groups excluding carboxylic acids is 1. The maximum Gasteiger partial charge on any atom is 0.323 e. The van der Waals surface area contributed by atoms with E-state index in [4.69, 9.17) is 9.84 Å². The Morgan fingerprint density at radius 1 is 1.24 bits per heavy atom. The molecule has 0 heterocycles. The minimum absolute atomic E-state index is 0.0220. The molecule has 1 aromatic rings. The van der Waals surface area contributed by atoms with Crippen molar-refractivity contribution in [2.75, 3.05) is 33.4 Å². The summed E-state index contributed by atoms with van der Waals surface area (Å²) in [6, 6.07) is 5.39. The molecule has 0 saturated heterocycles. The second-order valence-electron chi connectivity index (χ2n) is 5.89. The highest BCUT2D eigenvalue weighted by Gasteiger charge is 2.20. The molecule has 0 unspecified atom stereocenters. The lowest BCUT2D eigenvalue weighted by Gasteiger charge is -2.22. The maximum absolute atomic E-state index is 12.5. The van der Waals surface area contributed by atoms with Gasteiger partial charge in [-0.15, -0.1) is 0 Å². The van der Waals surface area contributed by atoms with E-state index in [-0.39, 0.29) is 29.5 Å². The van der Waals surface area contributed by atoms with E-state index in [0.29, 0.717) is 6.54 Å². The first-order chi connectivity index (χ1) is 11.7. The van der Waals surface area contributed by atoms with Crippen LogP contribution in [0, 0.1) is 5.92 Å². The van der Waals surface area contributed by atoms with Crippen LogP contribution in [0.2, 0.25) is 0 Å². The number of benzene rings is 1. The normalized spacial score (nSPS) is 11.5. The van der Waals surface area contributed by atoms with Crippen molar-refractivity contribution in [1.82, 2.24) is 9.62 Å². The Morgan fingerprint density at radius 3 is 2.32 bits per heavy atom. The topological polar surface area (TPSA) is 113 Å². The Balaban J connectivity index is 2.92. The maximum atomic E-state index is 12.5. The second kappa shape index (κ2) is 9.50. The van der Waals surface area contributed by atoms with Crippen molar-refractivity contribution in [3.8, 4) is 0 Å². The number of amides is 1. The van der Waals surface area contributed by atoms with Crippen LogP contribution in [0.4, 0.5) is 0 Å². The molecule has 0 saturated carbocycles. The number of rotatable bonds is 10. The van der Waals surface area contributed by atoms with Crippen LogP contribution in [0.5, 0.6) is 0 Å². The van der Waals surface area contributed by atoms with Gasteiger partial charge in [0.2, 0.25) is 10.0 Å². The van der Waals surface area contributed by atoms with Crippen LogP contribution in [0.1, 0.15) is 24.2 Å². The first kappa shape index (κ1) is 21.1. The Bertz CT molecular complexity index is 685. The molecule has 1 amide bonds. The van der Waals surface area contributed by atoms with Gasteiger partial charge in [-0.25, -0.2) is 13.1 Å². The number of ether oxygens (including phenoxy) is 1. The Hall–Kier alpha value is -1.97. The second-order valence-corrected chi connectivity index (χ2v) is 7.66. The molecule has 0 aromatic heterocycles. The molecule has 1 rings (SSSR count). The largest absolute Gasteiger partial charge is 0.480 e. The number of nitrogens with zero attached hydrogens (tertiary/aromatic N) is 1. The highest BCUT2D eigenvalue weighted by Crippen LogP contribution is 2.13. The number of nitrogens with one attached hydrogen (secondary N) is 1. The molecule has 0 atom stereocenters. The van der Waals surface area contributed by atoms with Gasteiger partial charge in [-0.05, 0) is 30.2 Å². The molecule has 25 heavy (non-hydrogen) atoms. The fraction of sp³-hybridized carbons (Fsp3) is 0.500. The highest BCUT2D eigenvalue weighted by molar-refractivity contribution is 7.89. The van der Waals surface area contributed by atoms with E-state index in [1.807, 2.05) is 13.8 Å². The van der Waals surface area contributed by atoms with Crippen molar-refractivity contribution < 1.29 is 27.9 Å². The molecule has 0 spiro atoms. The molecule has 9 heteroatoms. The van der Waals surface area contributed by atoms with Crippen LogP contribution in [0.25, 0.3) is 0 Å². The van der Waals surface area contributed by atoms with Gasteiger partial charge < -0.3 is 14.7 Å².